The zero-order valence-corrected chi connectivity index (χ0v) is 15.7. The van der Waals surface area contributed by atoms with Gasteiger partial charge in [0.1, 0.15) is 0 Å². The van der Waals surface area contributed by atoms with E-state index in [1.807, 2.05) is 55.6 Å². The third-order valence-corrected chi connectivity index (χ3v) is 4.78. The van der Waals surface area contributed by atoms with E-state index in [2.05, 4.69) is 32.7 Å². The van der Waals surface area contributed by atoms with Crippen molar-refractivity contribution in [3.8, 4) is 0 Å². The molecule has 5 nitrogen and oxygen atoms in total. The van der Waals surface area contributed by atoms with Crippen LogP contribution in [0.15, 0.2) is 73.2 Å². The van der Waals surface area contributed by atoms with Crippen molar-refractivity contribution in [2.75, 3.05) is 11.9 Å². The Hall–Kier alpha value is -3.60. The molecule has 2 aromatic heterocycles. The number of hydrogen-bond acceptors (Lipinski definition) is 3. The molecule has 0 saturated heterocycles. The van der Waals surface area contributed by atoms with Crippen LogP contribution < -0.4 is 10.6 Å². The molecule has 5 heteroatoms. The number of hydrogen-bond donors (Lipinski definition) is 3. The van der Waals surface area contributed by atoms with Gasteiger partial charge < -0.3 is 15.6 Å². The fourth-order valence-electron chi connectivity index (χ4n) is 3.25. The second kappa shape index (κ2) is 7.96. The summed E-state index contributed by atoms with van der Waals surface area (Å²) in [7, 11) is 0. The molecule has 0 unspecified atom stereocenters. The summed E-state index contributed by atoms with van der Waals surface area (Å²) in [6, 6.07) is 18.0. The molecule has 0 aliphatic carbocycles. The van der Waals surface area contributed by atoms with Crippen molar-refractivity contribution in [2.45, 2.75) is 13.3 Å². The molecule has 4 aromatic rings. The van der Waals surface area contributed by atoms with Gasteiger partial charge in [-0.15, -0.1) is 0 Å². The van der Waals surface area contributed by atoms with E-state index in [9.17, 15) is 4.79 Å². The van der Waals surface area contributed by atoms with Gasteiger partial charge in [0.25, 0.3) is 5.91 Å². The van der Waals surface area contributed by atoms with Crippen molar-refractivity contribution < 1.29 is 4.79 Å². The standard InChI is InChI=1S/C23H22N4O/c1-16-6-2-4-8-21(16)27-19-12-18(13-24-15-19)23(28)25-11-10-17-14-26-22-9-5-3-7-20(17)22/h2-9,12-15,26-27H,10-11H2,1H3,(H,25,28). The van der Waals surface area contributed by atoms with Crippen LogP contribution >= 0.6 is 0 Å². The Kier molecular flexibility index (Phi) is 5.06. The van der Waals surface area contributed by atoms with Crippen LogP contribution in [0.5, 0.6) is 0 Å². The summed E-state index contributed by atoms with van der Waals surface area (Å²) in [6.45, 7) is 2.60. The van der Waals surface area contributed by atoms with Crippen LogP contribution in [0, 0.1) is 6.92 Å². The van der Waals surface area contributed by atoms with Crippen molar-refractivity contribution in [1.82, 2.24) is 15.3 Å². The molecule has 4 rings (SSSR count). The number of benzene rings is 2. The number of pyridine rings is 1. The maximum Gasteiger partial charge on any atom is 0.252 e. The Morgan fingerprint density at radius 3 is 2.79 bits per heavy atom. The third kappa shape index (κ3) is 3.88. The molecule has 0 aliphatic rings. The third-order valence-electron chi connectivity index (χ3n) is 4.78. The van der Waals surface area contributed by atoms with Crippen LogP contribution in [0.3, 0.4) is 0 Å². The van der Waals surface area contributed by atoms with Gasteiger partial charge in [-0.05, 0) is 42.7 Å². The molecule has 2 heterocycles. The van der Waals surface area contributed by atoms with Gasteiger partial charge in [-0.2, -0.15) is 0 Å². The van der Waals surface area contributed by atoms with E-state index < -0.39 is 0 Å². The predicted molar refractivity (Wildman–Crippen MR) is 113 cm³/mol. The fourth-order valence-corrected chi connectivity index (χ4v) is 3.25. The average Bonchev–Trinajstić information content (AvgIpc) is 3.13. The summed E-state index contributed by atoms with van der Waals surface area (Å²) in [5.41, 5.74) is 5.78. The summed E-state index contributed by atoms with van der Waals surface area (Å²) < 4.78 is 0. The number of anilines is 2. The van der Waals surface area contributed by atoms with Gasteiger partial charge in [0.2, 0.25) is 0 Å². The van der Waals surface area contributed by atoms with E-state index in [1.165, 1.54) is 10.9 Å². The van der Waals surface area contributed by atoms with Crippen molar-refractivity contribution >= 4 is 28.2 Å². The van der Waals surface area contributed by atoms with Gasteiger partial charge >= 0.3 is 0 Å². The molecular formula is C23H22N4O. The molecule has 0 bridgehead atoms. The number of nitrogens with one attached hydrogen (secondary N) is 3. The molecule has 140 valence electrons. The van der Waals surface area contributed by atoms with E-state index in [1.54, 1.807) is 12.4 Å². The number of rotatable bonds is 6. The van der Waals surface area contributed by atoms with Crippen LogP contribution in [0.25, 0.3) is 10.9 Å². The van der Waals surface area contributed by atoms with Crippen LogP contribution in [-0.2, 0) is 6.42 Å². The quantitative estimate of drug-likeness (QED) is 0.465. The largest absolute Gasteiger partial charge is 0.361 e. The summed E-state index contributed by atoms with van der Waals surface area (Å²) in [6.07, 6.45) is 6.08. The second-order valence-corrected chi connectivity index (χ2v) is 6.77. The first-order valence-electron chi connectivity index (χ1n) is 9.31. The Morgan fingerprint density at radius 1 is 1.07 bits per heavy atom. The molecule has 1 amide bonds. The minimum absolute atomic E-state index is 0.124. The van der Waals surface area contributed by atoms with Gasteiger partial charge in [0, 0.05) is 35.5 Å². The summed E-state index contributed by atoms with van der Waals surface area (Å²) in [5, 5.41) is 7.50. The number of nitrogens with zero attached hydrogens (tertiary/aromatic N) is 1. The first kappa shape index (κ1) is 17.8. The van der Waals surface area contributed by atoms with Gasteiger partial charge in [0.05, 0.1) is 17.4 Å². The van der Waals surface area contributed by atoms with Crippen LogP contribution in [0.4, 0.5) is 11.4 Å². The smallest absolute Gasteiger partial charge is 0.252 e. The summed E-state index contributed by atoms with van der Waals surface area (Å²) in [5.74, 6) is -0.124. The highest BCUT2D eigenvalue weighted by Crippen LogP contribution is 2.20. The molecule has 0 atom stereocenters. The van der Waals surface area contributed by atoms with Gasteiger partial charge in [-0.3, -0.25) is 9.78 Å². The zero-order chi connectivity index (χ0) is 19.3. The van der Waals surface area contributed by atoms with Crippen molar-refractivity contribution in [1.29, 1.82) is 0 Å². The van der Waals surface area contributed by atoms with E-state index in [4.69, 9.17) is 0 Å². The molecule has 2 aromatic carbocycles. The van der Waals surface area contributed by atoms with Crippen molar-refractivity contribution in [2.24, 2.45) is 0 Å². The van der Waals surface area contributed by atoms with Crippen LogP contribution in [-0.4, -0.2) is 22.4 Å². The van der Waals surface area contributed by atoms with E-state index in [-0.39, 0.29) is 5.91 Å². The number of carbonyl (C=O) groups excluding carboxylic acids is 1. The lowest BCUT2D eigenvalue weighted by Crippen LogP contribution is -2.25. The van der Waals surface area contributed by atoms with E-state index in [0.717, 1.165) is 28.9 Å². The predicted octanol–water partition coefficient (Wildman–Crippen LogP) is 4.59. The highest BCUT2D eigenvalue weighted by atomic mass is 16.1. The highest BCUT2D eigenvalue weighted by molar-refractivity contribution is 5.95. The molecule has 3 N–H and O–H groups in total. The van der Waals surface area contributed by atoms with Crippen LogP contribution in [0.1, 0.15) is 21.5 Å². The lowest BCUT2D eigenvalue weighted by atomic mass is 10.1. The fraction of sp³-hybridized carbons (Fsp3) is 0.130. The van der Waals surface area contributed by atoms with E-state index >= 15 is 0 Å². The highest BCUT2D eigenvalue weighted by Gasteiger charge is 2.09. The molecule has 0 spiro atoms. The Bertz CT molecular complexity index is 1120. The molecule has 0 radical (unpaired) electrons. The first-order chi connectivity index (χ1) is 13.7. The van der Waals surface area contributed by atoms with E-state index in [0.29, 0.717) is 12.1 Å². The van der Waals surface area contributed by atoms with Gasteiger partial charge in [-0.1, -0.05) is 36.4 Å². The minimum atomic E-state index is -0.124. The number of aryl methyl sites for hydroxylation is 1. The maximum absolute atomic E-state index is 12.5. The number of fused-ring (bicyclic) bond motifs is 1. The zero-order valence-electron chi connectivity index (χ0n) is 15.7. The number of para-hydroxylation sites is 2. The Labute approximate surface area is 163 Å². The number of H-pyrrole nitrogens is 1. The summed E-state index contributed by atoms with van der Waals surface area (Å²) >= 11 is 0. The van der Waals surface area contributed by atoms with Crippen LogP contribution in [0.2, 0.25) is 0 Å². The van der Waals surface area contributed by atoms with Gasteiger partial charge in [0.15, 0.2) is 0 Å². The second-order valence-electron chi connectivity index (χ2n) is 6.77. The van der Waals surface area contributed by atoms with Crippen molar-refractivity contribution in [3.05, 3.63) is 89.9 Å². The lowest BCUT2D eigenvalue weighted by molar-refractivity contribution is 0.0954. The normalized spacial score (nSPS) is 10.8. The number of carbonyl (C=O) groups is 1. The minimum Gasteiger partial charge on any atom is -0.361 e. The molecule has 0 aliphatic heterocycles. The lowest BCUT2D eigenvalue weighted by Gasteiger charge is -2.10. The summed E-state index contributed by atoms with van der Waals surface area (Å²) in [4.78, 5) is 20.0. The SMILES string of the molecule is Cc1ccccc1Nc1cncc(C(=O)NCCc2c[nH]c3ccccc23)c1. The molecule has 0 fully saturated rings. The average molecular weight is 370 g/mol. The number of aromatic nitrogens is 2. The monoisotopic (exact) mass is 370 g/mol. The molecule has 0 saturated carbocycles. The van der Waals surface area contributed by atoms with Crippen molar-refractivity contribution in [3.63, 3.8) is 0 Å². The number of aromatic amines is 1. The maximum atomic E-state index is 12.5. The molecule has 28 heavy (non-hydrogen) atoms. The van der Waals surface area contributed by atoms with Gasteiger partial charge in [-0.25, -0.2) is 0 Å². The first-order valence-corrected chi connectivity index (χ1v) is 9.31. The topological polar surface area (TPSA) is 69.8 Å². The Morgan fingerprint density at radius 2 is 1.89 bits per heavy atom. The molecular weight excluding hydrogens is 348 g/mol. The Balaban J connectivity index is 1.39. The number of amides is 1.